The van der Waals surface area contributed by atoms with E-state index in [9.17, 15) is 0 Å². The van der Waals surface area contributed by atoms with Gasteiger partial charge in [-0.3, -0.25) is 0 Å². The molecule has 0 atom stereocenters. The van der Waals surface area contributed by atoms with Crippen LogP contribution in [-0.4, -0.2) is 11.3 Å². The number of rotatable bonds is 5. The molecule has 0 saturated heterocycles. The van der Waals surface area contributed by atoms with Crippen molar-refractivity contribution < 1.29 is 4.42 Å². The summed E-state index contributed by atoms with van der Waals surface area (Å²) in [5.41, 5.74) is 25.0. The Hall–Kier alpha value is -7.24. The van der Waals surface area contributed by atoms with Crippen LogP contribution in [0.3, 0.4) is 0 Å². The maximum absolute atomic E-state index is 6.96. The number of hydrogen-bond acceptors (Lipinski definition) is 3. The van der Waals surface area contributed by atoms with Gasteiger partial charge < -0.3 is 18.8 Å². The standard InChI is InChI=1S/C67H66BN3O/c1-41-35-57-60-58(36-41)71-61-52(63-62(71)50-21-17-18-22-59(50)72-63)38-46(67(11,12)13)39-54(61)68(60)53-33-32-49(40-56(53)70(57)55-34-27-45(66(8,9)10)37-51(55)42-19-15-14-16-20-42)69(47-28-23-43(24-29-47)64(2,3)4)48-30-25-44(26-31-48)65(5,6)7/h14-40H,1-13H3. The predicted molar refractivity (Wildman–Crippen MR) is 310 cm³/mol. The van der Waals surface area contributed by atoms with E-state index in [0.717, 1.165) is 44.8 Å². The summed E-state index contributed by atoms with van der Waals surface area (Å²) in [5, 5.41) is 2.30. The molecule has 0 fully saturated rings. The van der Waals surface area contributed by atoms with Gasteiger partial charge in [0.2, 0.25) is 0 Å². The van der Waals surface area contributed by atoms with Crippen molar-refractivity contribution >= 4 is 90.2 Å². The molecular weight excluding hydrogens is 874 g/mol. The van der Waals surface area contributed by atoms with E-state index in [4.69, 9.17) is 4.42 Å². The monoisotopic (exact) mass is 940 g/mol. The molecule has 358 valence electrons. The maximum atomic E-state index is 6.96. The maximum Gasteiger partial charge on any atom is 0.252 e. The Balaban J connectivity index is 1.20. The molecule has 0 amide bonds. The van der Waals surface area contributed by atoms with Crippen molar-refractivity contribution in [3.8, 4) is 16.8 Å². The minimum absolute atomic E-state index is 0.0264. The minimum atomic E-state index is -0.111. The van der Waals surface area contributed by atoms with Crippen LogP contribution in [-0.2, 0) is 21.7 Å². The third-order valence-corrected chi connectivity index (χ3v) is 15.6. The van der Waals surface area contributed by atoms with Gasteiger partial charge in [0.1, 0.15) is 11.1 Å². The van der Waals surface area contributed by atoms with Crippen molar-refractivity contribution in [2.75, 3.05) is 9.80 Å². The first kappa shape index (κ1) is 45.9. The van der Waals surface area contributed by atoms with Crippen LogP contribution >= 0.6 is 0 Å². The van der Waals surface area contributed by atoms with Crippen molar-refractivity contribution in [2.45, 2.75) is 112 Å². The second-order valence-corrected chi connectivity index (χ2v) is 24.8. The Bertz CT molecular complexity index is 3730. The van der Waals surface area contributed by atoms with E-state index in [2.05, 4.69) is 268 Å². The summed E-state index contributed by atoms with van der Waals surface area (Å²) in [6, 6.07) is 62.4. The predicted octanol–water partition coefficient (Wildman–Crippen LogP) is 16.8. The smallest absolute Gasteiger partial charge is 0.252 e. The first-order valence-electron chi connectivity index (χ1n) is 26.0. The van der Waals surface area contributed by atoms with E-state index in [-0.39, 0.29) is 28.4 Å². The Morgan fingerprint density at radius 3 is 1.62 bits per heavy atom. The van der Waals surface area contributed by atoms with Gasteiger partial charge in [0.25, 0.3) is 6.71 Å². The van der Waals surface area contributed by atoms with E-state index in [1.165, 1.54) is 83.3 Å². The highest BCUT2D eigenvalue weighted by Crippen LogP contribution is 2.49. The van der Waals surface area contributed by atoms with Gasteiger partial charge in [-0.05, 0) is 157 Å². The van der Waals surface area contributed by atoms with Gasteiger partial charge >= 0.3 is 0 Å². The third-order valence-electron chi connectivity index (χ3n) is 15.6. The zero-order valence-electron chi connectivity index (χ0n) is 44.4. The molecule has 0 N–H and O–H groups in total. The van der Waals surface area contributed by atoms with E-state index in [0.29, 0.717) is 0 Å². The van der Waals surface area contributed by atoms with E-state index in [1.807, 2.05) is 0 Å². The molecule has 10 aromatic rings. The normalized spacial score (nSPS) is 13.6. The zero-order valence-corrected chi connectivity index (χ0v) is 44.4. The second-order valence-electron chi connectivity index (χ2n) is 24.8. The summed E-state index contributed by atoms with van der Waals surface area (Å²) >= 11 is 0. The average molecular weight is 940 g/mol. The number of para-hydroxylation sites is 1. The number of furan rings is 1. The van der Waals surface area contributed by atoms with Gasteiger partial charge in [-0.25, -0.2) is 0 Å². The Morgan fingerprint density at radius 2 is 1.00 bits per heavy atom. The Morgan fingerprint density at radius 1 is 0.431 bits per heavy atom. The van der Waals surface area contributed by atoms with Crippen LogP contribution in [0.2, 0.25) is 0 Å². The lowest BCUT2D eigenvalue weighted by Gasteiger charge is -2.42. The van der Waals surface area contributed by atoms with Gasteiger partial charge in [-0.1, -0.05) is 168 Å². The topological polar surface area (TPSA) is 24.6 Å². The molecule has 0 bridgehead atoms. The number of aryl methyl sites for hydroxylation is 1. The molecule has 2 aliphatic heterocycles. The fourth-order valence-corrected chi connectivity index (χ4v) is 11.6. The molecule has 0 unspecified atom stereocenters. The van der Waals surface area contributed by atoms with Crippen molar-refractivity contribution in [1.29, 1.82) is 0 Å². The van der Waals surface area contributed by atoms with Gasteiger partial charge in [0, 0.05) is 50.5 Å². The summed E-state index contributed by atoms with van der Waals surface area (Å²) in [5.74, 6) is 0. The Labute approximate surface area is 427 Å². The van der Waals surface area contributed by atoms with Gasteiger partial charge in [-0.2, -0.15) is 0 Å². The first-order chi connectivity index (χ1) is 34.1. The zero-order chi connectivity index (χ0) is 50.4. The fourth-order valence-electron chi connectivity index (χ4n) is 11.6. The molecule has 4 heterocycles. The molecule has 12 rings (SSSR count). The highest BCUT2D eigenvalue weighted by Gasteiger charge is 2.44. The van der Waals surface area contributed by atoms with Crippen molar-refractivity contribution in [2.24, 2.45) is 0 Å². The van der Waals surface area contributed by atoms with Crippen LogP contribution in [0.15, 0.2) is 168 Å². The molecule has 0 spiro atoms. The summed E-state index contributed by atoms with van der Waals surface area (Å²) in [4.78, 5) is 5.07. The third kappa shape index (κ3) is 7.25. The van der Waals surface area contributed by atoms with Crippen LogP contribution in [0.25, 0.3) is 49.8 Å². The number of fused-ring (bicyclic) bond motifs is 9. The Kier molecular flexibility index (Phi) is 10.1. The van der Waals surface area contributed by atoms with Crippen molar-refractivity contribution in [1.82, 2.24) is 4.57 Å². The quantitative estimate of drug-likeness (QED) is 0.161. The van der Waals surface area contributed by atoms with E-state index in [1.54, 1.807) is 0 Å². The number of anilines is 6. The number of nitrogens with zero attached hydrogens (tertiary/aromatic N) is 3. The summed E-state index contributed by atoms with van der Waals surface area (Å²) in [6.45, 7) is 29.9. The SMILES string of the molecule is Cc1cc2c3c(c1)-n1c4c(cc(C(C)(C)C)cc4c4oc5ccccc5c41)B3c1ccc(N(c3ccc(C(C)(C)C)cc3)c3ccc(C(C)(C)C)cc3)cc1N2c1ccc(C(C)(C)C)cc1-c1ccccc1. The lowest BCUT2D eigenvalue weighted by Crippen LogP contribution is -2.60. The second kappa shape index (κ2) is 15.9. The number of hydrogen-bond donors (Lipinski definition) is 0. The number of benzene rings is 8. The van der Waals surface area contributed by atoms with Gasteiger partial charge in [0.15, 0.2) is 5.58 Å². The van der Waals surface area contributed by atoms with Crippen LogP contribution in [0.5, 0.6) is 0 Å². The first-order valence-corrected chi connectivity index (χ1v) is 26.0. The molecule has 0 aliphatic carbocycles. The van der Waals surface area contributed by atoms with Crippen LogP contribution in [0, 0.1) is 6.92 Å². The molecule has 2 aliphatic rings. The molecule has 4 nitrogen and oxygen atoms in total. The molecule has 8 aromatic carbocycles. The van der Waals surface area contributed by atoms with E-state index >= 15 is 0 Å². The van der Waals surface area contributed by atoms with Crippen molar-refractivity contribution in [3.63, 3.8) is 0 Å². The van der Waals surface area contributed by atoms with Gasteiger partial charge in [-0.15, -0.1) is 0 Å². The van der Waals surface area contributed by atoms with Crippen LogP contribution in [0.1, 0.15) is 111 Å². The van der Waals surface area contributed by atoms with Crippen molar-refractivity contribution in [3.05, 3.63) is 192 Å². The molecule has 72 heavy (non-hydrogen) atoms. The highest BCUT2D eigenvalue weighted by molar-refractivity contribution is 7.00. The molecular formula is C67H66BN3O. The summed E-state index contributed by atoms with van der Waals surface area (Å²) < 4.78 is 9.52. The van der Waals surface area contributed by atoms with Crippen LogP contribution in [0.4, 0.5) is 34.1 Å². The molecule has 0 radical (unpaired) electrons. The highest BCUT2D eigenvalue weighted by atomic mass is 16.3. The van der Waals surface area contributed by atoms with Gasteiger partial charge in [0.05, 0.1) is 11.2 Å². The van der Waals surface area contributed by atoms with Crippen LogP contribution < -0.4 is 26.2 Å². The molecule has 0 saturated carbocycles. The summed E-state index contributed by atoms with van der Waals surface area (Å²) in [7, 11) is 0. The lowest BCUT2D eigenvalue weighted by molar-refractivity contribution is 0.590. The minimum Gasteiger partial charge on any atom is -0.454 e. The molecule has 5 heteroatoms. The lowest BCUT2D eigenvalue weighted by atomic mass is 9.33. The number of aromatic nitrogens is 1. The largest absolute Gasteiger partial charge is 0.454 e. The fraction of sp³-hybridized carbons (Fsp3) is 0.254. The van der Waals surface area contributed by atoms with E-state index < -0.39 is 0 Å². The average Bonchev–Trinajstić information content (AvgIpc) is 3.87. The molecule has 2 aromatic heterocycles. The summed E-state index contributed by atoms with van der Waals surface area (Å²) in [6.07, 6.45) is 0.